The van der Waals surface area contributed by atoms with E-state index in [4.69, 9.17) is 24.8 Å². The Morgan fingerprint density at radius 2 is 1.92 bits per heavy atom. The summed E-state index contributed by atoms with van der Waals surface area (Å²) < 4.78 is 66.4. The summed E-state index contributed by atoms with van der Waals surface area (Å²) in [6, 6.07) is 6.36. The number of rotatable bonds is 10. The van der Waals surface area contributed by atoms with Crippen LogP contribution in [0.1, 0.15) is 22.6 Å². The fourth-order valence-corrected chi connectivity index (χ4v) is 3.77. The molecule has 4 rings (SSSR count). The molecule has 10 nitrogen and oxygen atoms in total. The maximum atomic E-state index is 13.7. The van der Waals surface area contributed by atoms with Crippen molar-refractivity contribution >= 4 is 13.4 Å². The van der Waals surface area contributed by atoms with Gasteiger partial charge in [0.05, 0.1) is 12.3 Å². The van der Waals surface area contributed by atoms with E-state index in [9.17, 15) is 17.7 Å². The molecule has 0 saturated heterocycles. The number of pyridine rings is 1. The molecular formula is C23H22F3N4O6P. The van der Waals surface area contributed by atoms with Crippen LogP contribution in [0, 0.1) is 17.5 Å². The molecule has 0 amide bonds. The first-order valence-corrected chi connectivity index (χ1v) is 12.4. The van der Waals surface area contributed by atoms with Crippen molar-refractivity contribution in [3.05, 3.63) is 94.9 Å². The Morgan fingerprint density at radius 1 is 1.14 bits per heavy atom. The van der Waals surface area contributed by atoms with Gasteiger partial charge in [-0.3, -0.25) is 4.52 Å². The van der Waals surface area contributed by atoms with E-state index in [0.717, 1.165) is 11.6 Å². The van der Waals surface area contributed by atoms with Crippen molar-refractivity contribution in [2.45, 2.75) is 19.0 Å². The quantitative estimate of drug-likeness (QED) is 0.260. The summed E-state index contributed by atoms with van der Waals surface area (Å²) in [6.45, 7) is -0.406. The highest BCUT2D eigenvalue weighted by molar-refractivity contribution is 7.46. The van der Waals surface area contributed by atoms with Crippen LogP contribution in [0.15, 0.2) is 59.4 Å². The number of benzene rings is 1. The molecule has 0 saturated carbocycles. The van der Waals surface area contributed by atoms with Crippen molar-refractivity contribution in [3.8, 4) is 5.88 Å². The molecular weight excluding hydrogens is 516 g/mol. The Hall–Kier alpha value is -3.48. The number of aromatic nitrogens is 2. The minimum Gasteiger partial charge on any atom is -0.477 e. The number of hydrogen-bond acceptors (Lipinski definition) is 8. The summed E-state index contributed by atoms with van der Waals surface area (Å²) in [7, 11) is -4.66. The van der Waals surface area contributed by atoms with Gasteiger partial charge in [-0.2, -0.15) is 0 Å². The van der Waals surface area contributed by atoms with Crippen molar-refractivity contribution in [2.75, 3.05) is 13.3 Å². The SMILES string of the molecule is NC1C(c2cc(Cc3ccc(OCCc4cc(F)c(F)cc4F)nc3)no2)=CC=CN1COP(=O)(O)O. The molecule has 1 aliphatic rings. The Balaban J connectivity index is 1.31. The average Bonchev–Trinajstić information content (AvgIpc) is 3.30. The van der Waals surface area contributed by atoms with Crippen LogP contribution in [-0.4, -0.2) is 44.3 Å². The lowest BCUT2D eigenvalue weighted by molar-refractivity contribution is 0.110. The molecule has 0 spiro atoms. The second-order valence-electron chi connectivity index (χ2n) is 7.99. The molecule has 1 aliphatic heterocycles. The van der Waals surface area contributed by atoms with Gasteiger partial charge in [-0.15, -0.1) is 0 Å². The molecule has 0 aliphatic carbocycles. The number of ether oxygens (including phenoxy) is 1. The second-order valence-corrected chi connectivity index (χ2v) is 9.23. The molecule has 1 atom stereocenters. The molecule has 0 bridgehead atoms. The van der Waals surface area contributed by atoms with Gasteiger partial charge in [0.25, 0.3) is 0 Å². The van der Waals surface area contributed by atoms with Crippen LogP contribution in [0.5, 0.6) is 5.88 Å². The topological polar surface area (TPSA) is 144 Å². The molecule has 2 aromatic heterocycles. The number of nitrogens with zero attached hydrogens (tertiary/aromatic N) is 3. The van der Waals surface area contributed by atoms with Crippen molar-refractivity contribution in [3.63, 3.8) is 0 Å². The molecule has 14 heteroatoms. The first-order chi connectivity index (χ1) is 17.6. The van der Waals surface area contributed by atoms with E-state index in [1.807, 2.05) is 0 Å². The summed E-state index contributed by atoms with van der Waals surface area (Å²) in [5.41, 5.74) is 8.08. The predicted octanol–water partition coefficient (Wildman–Crippen LogP) is 3.26. The van der Waals surface area contributed by atoms with Gasteiger partial charge in [-0.05, 0) is 23.3 Å². The van der Waals surface area contributed by atoms with E-state index < -0.39 is 38.2 Å². The average molecular weight is 538 g/mol. The van der Waals surface area contributed by atoms with Crippen LogP contribution in [0.25, 0.3) is 5.57 Å². The second kappa shape index (κ2) is 11.3. The van der Waals surface area contributed by atoms with E-state index in [2.05, 4.69) is 14.7 Å². The third-order valence-corrected chi connectivity index (χ3v) is 5.79. The van der Waals surface area contributed by atoms with Gasteiger partial charge < -0.3 is 29.7 Å². The van der Waals surface area contributed by atoms with E-state index in [-0.39, 0.29) is 24.5 Å². The maximum Gasteiger partial charge on any atom is 0.471 e. The molecule has 3 heterocycles. The lowest BCUT2D eigenvalue weighted by Gasteiger charge is -2.30. The monoisotopic (exact) mass is 538 g/mol. The summed E-state index contributed by atoms with van der Waals surface area (Å²) in [5.74, 6) is -2.57. The van der Waals surface area contributed by atoms with Crippen molar-refractivity contribution < 1.29 is 41.3 Å². The molecule has 0 radical (unpaired) electrons. The van der Waals surface area contributed by atoms with Crippen LogP contribution in [0.2, 0.25) is 0 Å². The number of phosphoric ester groups is 1. The Bertz CT molecular complexity index is 1360. The van der Waals surface area contributed by atoms with Crippen LogP contribution in [-0.2, 0) is 21.9 Å². The number of halogens is 3. The lowest BCUT2D eigenvalue weighted by Crippen LogP contribution is -2.41. The standard InChI is InChI=1S/C23H22F3N4O6P/c24-18-11-20(26)19(25)9-15(18)5-7-34-22-4-3-14(12-28-22)8-16-10-21(36-29-16)17-2-1-6-30(23(17)27)13-35-37(31,32)33/h1-4,6,9-12,23H,5,7-8,13,27H2,(H2,31,32,33). The van der Waals surface area contributed by atoms with Gasteiger partial charge >= 0.3 is 7.82 Å². The van der Waals surface area contributed by atoms with Gasteiger partial charge in [0, 0.05) is 49.0 Å². The first-order valence-electron chi connectivity index (χ1n) is 10.9. The molecule has 37 heavy (non-hydrogen) atoms. The number of nitrogens with two attached hydrogens (primary N) is 1. The van der Waals surface area contributed by atoms with E-state index >= 15 is 0 Å². The molecule has 1 unspecified atom stereocenters. The van der Waals surface area contributed by atoms with Gasteiger partial charge in [0.15, 0.2) is 17.4 Å². The zero-order chi connectivity index (χ0) is 26.6. The van der Waals surface area contributed by atoms with Crippen molar-refractivity contribution in [2.24, 2.45) is 5.73 Å². The highest BCUT2D eigenvalue weighted by atomic mass is 31.2. The van der Waals surface area contributed by atoms with Gasteiger partial charge in [-0.25, -0.2) is 22.7 Å². The van der Waals surface area contributed by atoms with E-state index in [0.29, 0.717) is 29.5 Å². The molecule has 3 aromatic rings. The third-order valence-electron chi connectivity index (χ3n) is 5.34. The number of allylic oxidation sites excluding steroid dienone is 2. The van der Waals surface area contributed by atoms with E-state index in [1.165, 1.54) is 11.1 Å². The first kappa shape index (κ1) is 26.6. The Labute approximate surface area is 209 Å². The van der Waals surface area contributed by atoms with E-state index in [1.54, 1.807) is 36.5 Å². The zero-order valence-electron chi connectivity index (χ0n) is 19.1. The van der Waals surface area contributed by atoms with Crippen LogP contribution >= 0.6 is 7.82 Å². The molecule has 4 N–H and O–H groups in total. The smallest absolute Gasteiger partial charge is 0.471 e. The number of hydrogen-bond donors (Lipinski definition) is 3. The summed E-state index contributed by atoms with van der Waals surface area (Å²) in [6.07, 6.45) is 6.05. The number of phosphoric acid groups is 1. The summed E-state index contributed by atoms with van der Waals surface area (Å²) in [4.78, 5) is 23.4. The lowest BCUT2D eigenvalue weighted by atomic mass is 10.1. The van der Waals surface area contributed by atoms with Crippen LogP contribution < -0.4 is 10.5 Å². The molecule has 1 aromatic carbocycles. The Kier molecular flexibility index (Phi) is 8.10. The van der Waals surface area contributed by atoms with Crippen molar-refractivity contribution in [1.29, 1.82) is 0 Å². The fourth-order valence-electron chi connectivity index (χ4n) is 3.48. The molecule has 196 valence electrons. The highest BCUT2D eigenvalue weighted by Gasteiger charge is 2.25. The van der Waals surface area contributed by atoms with Gasteiger partial charge in [-0.1, -0.05) is 17.3 Å². The normalized spacial score (nSPS) is 15.7. The minimum absolute atomic E-state index is 0.00177. The van der Waals surface area contributed by atoms with Crippen LogP contribution in [0.4, 0.5) is 13.2 Å². The summed E-state index contributed by atoms with van der Waals surface area (Å²) in [5, 5.41) is 4.04. The van der Waals surface area contributed by atoms with Crippen molar-refractivity contribution in [1.82, 2.24) is 15.0 Å². The zero-order valence-corrected chi connectivity index (χ0v) is 20.0. The Morgan fingerprint density at radius 3 is 2.65 bits per heavy atom. The third kappa shape index (κ3) is 7.06. The largest absolute Gasteiger partial charge is 0.477 e. The highest BCUT2D eigenvalue weighted by Crippen LogP contribution is 2.36. The van der Waals surface area contributed by atoms with Gasteiger partial charge in [0.1, 0.15) is 18.7 Å². The van der Waals surface area contributed by atoms with Gasteiger partial charge in [0.2, 0.25) is 5.88 Å². The fraction of sp³-hybridized carbons (Fsp3) is 0.217. The minimum atomic E-state index is -4.66. The summed E-state index contributed by atoms with van der Waals surface area (Å²) >= 11 is 0. The molecule has 0 fully saturated rings. The van der Waals surface area contributed by atoms with Crippen LogP contribution in [0.3, 0.4) is 0 Å². The predicted molar refractivity (Wildman–Crippen MR) is 124 cm³/mol. The maximum absolute atomic E-state index is 13.7.